The van der Waals surface area contributed by atoms with Crippen LogP contribution in [0.25, 0.3) is 11.0 Å². The van der Waals surface area contributed by atoms with Gasteiger partial charge in [-0.05, 0) is 53.5 Å². The molecule has 1 aromatic heterocycles. The first kappa shape index (κ1) is 15.6. The Morgan fingerprint density at radius 1 is 1.27 bits per heavy atom. The van der Waals surface area contributed by atoms with Crippen LogP contribution < -0.4 is 0 Å². The maximum Gasteiger partial charge on any atom is 0.254 e. The molecule has 2 unspecified atom stereocenters. The van der Waals surface area contributed by atoms with Crippen molar-refractivity contribution in [1.29, 1.82) is 0 Å². The van der Waals surface area contributed by atoms with E-state index in [1.54, 1.807) is 6.33 Å². The molecule has 1 saturated heterocycles. The van der Waals surface area contributed by atoms with Crippen molar-refractivity contribution in [3.8, 4) is 0 Å². The van der Waals surface area contributed by atoms with Gasteiger partial charge in [0.25, 0.3) is 5.91 Å². The highest BCUT2D eigenvalue weighted by Gasteiger charge is 2.49. The number of nitrogens with zero attached hydrogens (tertiary/aromatic N) is 2. The third-order valence-electron chi connectivity index (χ3n) is 6.84. The molecule has 2 heterocycles. The molecule has 26 heavy (non-hydrogen) atoms. The lowest BCUT2D eigenvalue weighted by Crippen LogP contribution is -2.59. The number of imidazole rings is 1. The fourth-order valence-electron chi connectivity index (χ4n) is 5.08. The van der Waals surface area contributed by atoms with Crippen LogP contribution in [0.3, 0.4) is 0 Å². The van der Waals surface area contributed by atoms with E-state index in [1.165, 1.54) is 11.1 Å². The molecular formula is C22H23N3O. The Hall–Kier alpha value is -2.62. The molecule has 0 radical (unpaired) electrons. The van der Waals surface area contributed by atoms with Crippen LogP contribution in [-0.2, 0) is 11.8 Å². The van der Waals surface area contributed by atoms with Gasteiger partial charge in [-0.2, -0.15) is 0 Å². The Kier molecular flexibility index (Phi) is 3.27. The predicted molar refractivity (Wildman–Crippen MR) is 102 cm³/mol. The third kappa shape index (κ3) is 2.08. The van der Waals surface area contributed by atoms with E-state index >= 15 is 0 Å². The minimum absolute atomic E-state index is 0.139. The van der Waals surface area contributed by atoms with Gasteiger partial charge in [0.05, 0.1) is 17.4 Å². The monoisotopic (exact) mass is 345 g/mol. The summed E-state index contributed by atoms with van der Waals surface area (Å²) in [5.41, 5.74) is 5.60. The van der Waals surface area contributed by atoms with Crippen molar-refractivity contribution in [3.05, 3.63) is 65.5 Å². The summed E-state index contributed by atoms with van der Waals surface area (Å²) in [6.07, 6.45) is 3.64. The quantitative estimate of drug-likeness (QED) is 0.726. The number of carbonyl (C=O) groups is 1. The highest BCUT2D eigenvalue weighted by Crippen LogP contribution is 2.48. The van der Waals surface area contributed by atoms with Crippen LogP contribution in [0.15, 0.2) is 48.8 Å². The fourth-order valence-corrected chi connectivity index (χ4v) is 5.08. The predicted octanol–water partition coefficient (Wildman–Crippen LogP) is 3.93. The molecule has 2 aromatic carbocycles. The highest BCUT2D eigenvalue weighted by atomic mass is 16.2. The number of rotatable bonds is 1. The summed E-state index contributed by atoms with van der Waals surface area (Å²) in [7, 11) is 0. The molecule has 0 saturated carbocycles. The van der Waals surface area contributed by atoms with Gasteiger partial charge in [0.15, 0.2) is 0 Å². The first-order chi connectivity index (χ1) is 12.6. The van der Waals surface area contributed by atoms with Crippen molar-refractivity contribution in [2.75, 3.05) is 6.54 Å². The second-order valence-electron chi connectivity index (χ2n) is 8.02. The topological polar surface area (TPSA) is 49.0 Å². The van der Waals surface area contributed by atoms with Crippen LogP contribution >= 0.6 is 0 Å². The lowest BCUT2D eigenvalue weighted by atomic mass is 9.59. The highest BCUT2D eigenvalue weighted by molar-refractivity contribution is 5.97. The van der Waals surface area contributed by atoms with Crippen LogP contribution in [0.4, 0.5) is 0 Å². The third-order valence-corrected chi connectivity index (χ3v) is 6.84. The number of H-pyrrole nitrogens is 1. The van der Waals surface area contributed by atoms with Gasteiger partial charge in [-0.25, -0.2) is 4.98 Å². The summed E-state index contributed by atoms with van der Waals surface area (Å²) in [6.45, 7) is 5.51. The van der Waals surface area contributed by atoms with Crippen molar-refractivity contribution in [1.82, 2.24) is 14.9 Å². The lowest BCUT2D eigenvalue weighted by molar-refractivity contribution is 0.0251. The molecule has 1 aliphatic carbocycles. The van der Waals surface area contributed by atoms with Crippen molar-refractivity contribution in [3.63, 3.8) is 0 Å². The molecule has 2 aliphatic rings. The van der Waals surface area contributed by atoms with Gasteiger partial charge < -0.3 is 9.88 Å². The summed E-state index contributed by atoms with van der Waals surface area (Å²) < 4.78 is 0. The normalized spacial score (nSPS) is 27.4. The molecule has 0 spiro atoms. The Morgan fingerprint density at radius 2 is 2.12 bits per heavy atom. The first-order valence-corrected chi connectivity index (χ1v) is 9.40. The maximum absolute atomic E-state index is 13.3. The van der Waals surface area contributed by atoms with Crippen LogP contribution in [0.5, 0.6) is 0 Å². The van der Waals surface area contributed by atoms with E-state index < -0.39 is 0 Å². The number of fused-ring (bicyclic) bond motifs is 5. The molecule has 2 bridgehead atoms. The van der Waals surface area contributed by atoms with Crippen LogP contribution in [0.2, 0.25) is 0 Å². The number of aromatic amines is 1. The van der Waals surface area contributed by atoms with Crippen molar-refractivity contribution >= 4 is 16.9 Å². The van der Waals surface area contributed by atoms with Crippen molar-refractivity contribution in [2.24, 2.45) is 5.92 Å². The van der Waals surface area contributed by atoms with Gasteiger partial charge >= 0.3 is 0 Å². The summed E-state index contributed by atoms with van der Waals surface area (Å²) in [5.74, 6) is 0.589. The zero-order chi connectivity index (χ0) is 17.9. The number of piperidine rings is 1. The van der Waals surface area contributed by atoms with E-state index in [1.807, 2.05) is 18.2 Å². The zero-order valence-electron chi connectivity index (χ0n) is 15.2. The molecule has 1 aliphatic heterocycles. The average molecular weight is 345 g/mol. The fraction of sp³-hybridized carbons (Fsp3) is 0.364. The SMILES string of the molecule is CC1C2Cc3ccccc3[C@]1(C)CCN2C(=O)c1ccc2nc[nH]c2c1. The summed E-state index contributed by atoms with van der Waals surface area (Å²) in [5, 5.41) is 0. The molecule has 3 aromatic rings. The molecule has 1 fully saturated rings. The largest absolute Gasteiger partial charge is 0.345 e. The molecular weight excluding hydrogens is 322 g/mol. The van der Waals surface area contributed by atoms with E-state index in [-0.39, 0.29) is 17.4 Å². The van der Waals surface area contributed by atoms with E-state index in [9.17, 15) is 4.79 Å². The lowest BCUT2D eigenvalue weighted by Gasteiger charge is -2.54. The van der Waals surface area contributed by atoms with Gasteiger partial charge in [-0.15, -0.1) is 0 Å². The van der Waals surface area contributed by atoms with E-state index in [2.05, 4.69) is 53.0 Å². The number of likely N-dealkylation sites (tertiary alicyclic amines) is 1. The minimum Gasteiger partial charge on any atom is -0.345 e. The van der Waals surface area contributed by atoms with Crippen molar-refractivity contribution in [2.45, 2.75) is 38.1 Å². The standard InChI is InChI=1S/C22H23N3O/c1-14-20-12-15-5-3-4-6-17(15)22(14,2)9-10-25(20)21(26)16-7-8-18-19(11-16)24-13-23-18/h3-8,11,13-14,20H,9-10,12H2,1-2H3,(H,23,24)/t14?,20?,22-/m1/s1. The second-order valence-corrected chi connectivity index (χ2v) is 8.02. The van der Waals surface area contributed by atoms with Crippen LogP contribution in [0, 0.1) is 5.92 Å². The Labute approximate surface area is 153 Å². The van der Waals surface area contributed by atoms with Gasteiger partial charge in [0.2, 0.25) is 0 Å². The number of aromatic nitrogens is 2. The Morgan fingerprint density at radius 3 is 3.00 bits per heavy atom. The average Bonchev–Trinajstić information content (AvgIpc) is 3.12. The van der Waals surface area contributed by atoms with E-state index in [0.717, 1.165) is 36.0 Å². The van der Waals surface area contributed by atoms with Crippen LogP contribution in [0.1, 0.15) is 41.8 Å². The number of hydrogen-bond acceptors (Lipinski definition) is 2. The first-order valence-electron chi connectivity index (χ1n) is 9.40. The summed E-state index contributed by atoms with van der Waals surface area (Å²) in [4.78, 5) is 22.8. The molecule has 1 amide bonds. The smallest absolute Gasteiger partial charge is 0.254 e. The minimum atomic E-state index is 0.139. The van der Waals surface area contributed by atoms with E-state index in [4.69, 9.17) is 0 Å². The summed E-state index contributed by atoms with van der Waals surface area (Å²) >= 11 is 0. The number of hydrogen-bond donors (Lipinski definition) is 1. The van der Waals surface area contributed by atoms with Gasteiger partial charge in [0, 0.05) is 18.2 Å². The number of benzene rings is 2. The second kappa shape index (κ2) is 5.44. The molecule has 4 heteroatoms. The molecule has 3 atom stereocenters. The Bertz CT molecular complexity index is 1010. The summed E-state index contributed by atoms with van der Waals surface area (Å²) in [6, 6.07) is 14.8. The van der Waals surface area contributed by atoms with E-state index in [0.29, 0.717) is 5.92 Å². The maximum atomic E-state index is 13.3. The zero-order valence-corrected chi connectivity index (χ0v) is 15.2. The molecule has 1 N–H and O–H groups in total. The number of amides is 1. The van der Waals surface area contributed by atoms with Gasteiger partial charge in [-0.1, -0.05) is 38.1 Å². The van der Waals surface area contributed by atoms with Gasteiger partial charge in [0.1, 0.15) is 0 Å². The molecule has 5 rings (SSSR count). The molecule has 132 valence electrons. The van der Waals surface area contributed by atoms with Crippen LogP contribution in [-0.4, -0.2) is 33.4 Å². The van der Waals surface area contributed by atoms with Gasteiger partial charge in [-0.3, -0.25) is 4.79 Å². The number of carbonyl (C=O) groups excluding carboxylic acids is 1. The van der Waals surface area contributed by atoms with Crippen molar-refractivity contribution < 1.29 is 4.79 Å². The molecule has 4 nitrogen and oxygen atoms in total. The number of nitrogens with one attached hydrogen (secondary N) is 1. The Balaban J connectivity index is 1.52.